The molecular weight excluding hydrogens is 202 g/mol. The maximum atomic E-state index is 8.65. The summed E-state index contributed by atoms with van der Waals surface area (Å²) < 4.78 is 0. The molecule has 1 heterocycles. The molecule has 80 valence electrons. The van der Waals surface area contributed by atoms with E-state index in [-0.39, 0.29) is 0 Å². The van der Waals surface area contributed by atoms with E-state index in [0.29, 0.717) is 17.9 Å². The van der Waals surface area contributed by atoms with E-state index < -0.39 is 0 Å². The number of nitrogens with one attached hydrogen (secondary N) is 2. The Morgan fingerprint density at radius 2 is 2.12 bits per heavy atom. The average Bonchev–Trinajstić information content (AvgIpc) is 2.73. The Labute approximate surface area is 92.9 Å². The second-order valence-corrected chi connectivity index (χ2v) is 3.36. The molecule has 4 N–H and O–H groups in total. The third-order valence-corrected chi connectivity index (χ3v) is 2.23. The van der Waals surface area contributed by atoms with Crippen LogP contribution >= 0.6 is 0 Å². The van der Waals surface area contributed by atoms with Crippen molar-refractivity contribution in [2.24, 2.45) is 0 Å². The predicted octanol–water partition coefficient (Wildman–Crippen LogP) is 1.48. The van der Waals surface area contributed by atoms with Gasteiger partial charge >= 0.3 is 0 Å². The Morgan fingerprint density at radius 1 is 1.38 bits per heavy atom. The first-order valence-electron chi connectivity index (χ1n) is 4.81. The number of hydrogen-bond acceptors (Lipinski definition) is 4. The largest absolute Gasteiger partial charge is 0.382 e. The molecule has 2 rings (SSSR count). The van der Waals surface area contributed by atoms with Crippen LogP contribution in [0.15, 0.2) is 30.5 Å². The van der Waals surface area contributed by atoms with Gasteiger partial charge in [-0.15, -0.1) is 0 Å². The summed E-state index contributed by atoms with van der Waals surface area (Å²) >= 11 is 0. The Balaban J connectivity index is 2.00. The molecule has 0 atom stereocenters. The quantitative estimate of drug-likeness (QED) is 0.720. The van der Waals surface area contributed by atoms with Gasteiger partial charge in [-0.3, -0.25) is 5.10 Å². The lowest BCUT2D eigenvalue weighted by Gasteiger charge is -2.04. The van der Waals surface area contributed by atoms with Crippen LogP contribution < -0.4 is 11.1 Å². The Hall–Kier alpha value is -2.48. The maximum Gasteiger partial charge on any atom is 0.142 e. The summed E-state index contributed by atoms with van der Waals surface area (Å²) in [5, 5.41) is 18.2. The Kier molecular flexibility index (Phi) is 2.74. The zero-order valence-corrected chi connectivity index (χ0v) is 8.57. The number of hydrogen-bond donors (Lipinski definition) is 3. The molecule has 16 heavy (non-hydrogen) atoms. The number of anilines is 2. The van der Waals surface area contributed by atoms with Gasteiger partial charge in [0, 0.05) is 6.54 Å². The lowest BCUT2D eigenvalue weighted by molar-refractivity contribution is 1.10. The summed E-state index contributed by atoms with van der Waals surface area (Å²) in [7, 11) is 0. The van der Waals surface area contributed by atoms with Crippen LogP contribution in [0.4, 0.5) is 11.5 Å². The number of nitrogen functional groups attached to an aromatic ring is 1. The van der Waals surface area contributed by atoms with E-state index in [1.165, 1.54) is 0 Å². The van der Waals surface area contributed by atoms with Gasteiger partial charge in [0.15, 0.2) is 0 Å². The highest BCUT2D eigenvalue weighted by atomic mass is 15.2. The van der Waals surface area contributed by atoms with E-state index in [4.69, 9.17) is 11.0 Å². The van der Waals surface area contributed by atoms with Crippen molar-refractivity contribution in [1.29, 1.82) is 5.26 Å². The number of benzene rings is 1. The zero-order chi connectivity index (χ0) is 11.4. The molecule has 2 aromatic rings. The van der Waals surface area contributed by atoms with Crippen molar-refractivity contribution in [2.45, 2.75) is 6.54 Å². The Morgan fingerprint density at radius 3 is 2.69 bits per heavy atom. The first kappa shape index (κ1) is 10.1. The average molecular weight is 213 g/mol. The third kappa shape index (κ3) is 2.12. The van der Waals surface area contributed by atoms with Crippen LogP contribution in [0.3, 0.4) is 0 Å². The van der Waals surface area contributed by atoms with E-state index >= 15 is 0 Å². The SMILES string of the molecule is N#Cc1ccc(CNc2cn[nH]c2N)cc1. The van der Waals surface area contributed by atoms with Crippen molar-refractivity contribution in [1.82, 2.24) is 10.2 Å². The fraction of sp³-hybridized carbons (Fsp3) is 0.0909. The number of nitrogens with zero attached hydrogens (tertiary/aromatic N) is 2. The topological polar surface area (TPSA) is 90.5 Å². The van der Waals surface area contributed by atoms with Gasteiger partial charge in [0.2, 0.25) is 0 Å². The van der Waals surface area contributed by atoms with Crippen molar-refractivity contribution in [2.75, 3.05) is 11.1 Å². The van der Waals surface area contributed by atoms with Gasteiger partial charge in [0.1, 0.15) is 5.82 Å². The molecule has 0 saturated carbocycles. The van der Waals surface area contributed by atoms with E-state index in [0.717, 1.165) is 11.3 Å². The van der Waals surface area contributed by atoms with Crippen molar-refractivity contribution in [3.05, 3.63) is 41.6 Å². The van der Waals surface area contributed by atoms with Gasteiger partial charge in [-0.2, -0.15) is 10.4 Å². The first-order valence-corrected chi connectivity index (χ1v) is 4.81. The summed E-state index contributed by atoms with van der Waals surface area (Å²) in [5.74, 6) is 0.522. The highest BCUT2D eigenvalue weighted by molar-refractivity contribution is 5.60. The summed E-state index contributed by atoms with van der Waals surface area (Å²) in [6, 6.07) is 9.46. The monoisotopic (exact) mass is 213 g/mol. The number of aromatic nitrogens is 2. The smallest absolute Gasteiger partial charge is 0.142 e. The molecule has 0 fully saturated rings. The molecule has 5 heteroatoms. The van der Waals surface area contributed by atoms with Gasteiger partial charge in [-0.05, 0) is 17.7 Å². The van der Waals surface area contributed by atoms with Crippen molar-refractivity contribution in [3.8, 4) is 6.07 Å². The normalized spacial score (nSPS) is 9.69. The van der Waals surface area contributed by atoms with Gasteiger partial charge in [-0.1, -0.05) is 12.1 Å². The fourth-order valence-corrected chi connectivity index (χ4v) is 1.33. The van der Waals surface area contributed by atoms with E-state index in [1.54, 1.807) is 18.3 Å². The van der Waals surface area contributed by atoms with Crippen molar-refractivity contribution >= 4 is 11.5 Å². The molecule has 0 aliphatic rings. The minimum atomic E-state index is 0.522. The molecule has 1 aromatic heterocycles. The molecule has 0 saturated heterocycles. The minimum absolute atomic E-state index is 0.522. The van der Waals surface area contributed by atoms with Crippen molar-refractivity contribution in [3.63, 3.8) is 0 Å². The molecular formula is C11H11N5. The van der Waals surface area contributed by atoms with Crippen LogP contribution in [0.1, 0.15) is 11.1 Å². The molecule has 0 amide bonds. The first-order chi connectivity index (χ1) is 7.79. The predicted molar refractivity (Wildman–Crippen MR) is 61.5 cm³/mol. The molecule has 1 aromatic carbocycles. The van der Waals surface area contributed by atoms with Crippen LogP contribution in [-0.2, 0) is 6.54 Å². The molecule has 5 nitrogen and oxygen atoms in total. The fourth-order valence-electron chi connectivity index (χ4n) is 1.33. The second kappa shape index (κ2) is 4.36. The highest BCUT2D eigenvalue weighted by Gasteiger charge is 2.00. The van der Waals surface area contributed by atoms with Crippen LogP contribution in [0.5, 0.6) is 0 Å². The molecule has 0 spiro atoms. The Bertz CT molecular complexity index is 506. The standard InChI is InChI=1S/C11H11N5/c12-5-8-1-3-9(4-2-8)6-14-10-7-15-16-11(10)13/h1-4,7,14H,6H2,(H3,13,15,16). The van der Waals surface area contributed by atoms with E-state index in [9.17, 15) is 0 Å². The van der Waals surface area contributed by atoms with Gasteiger partial charge in [0.25, 0.3) is 0 Å². The zero-order valence-electron chi connectivity index (χ0n) is 8.57. The van der Waals surface area contributed by atoms with Crippen LogP contribution in [0.25, 0.3) is 0 Å². The van der Waals surface area contributed by atoms with E-state index in [2.05, 4.69) is 21.6 Å². The minimum Gasteiger partial charge on any atom is -0.382 e. The molecule has 0 aliphatic carbocycles. The van der Waals surface area contributed by atoms with Crippen LogP contribution in [0.2, 0.25) is 0 Å². The number of H-pyrrole nitrogens is 1. The summed E-state index contributed by atoms with van der Waals surface area (Å²) in [6.07, 6.45) is 1.64. The molecule has 0 aliphatic heterocycles. The number of rotatable bonds is 3. The van der Waals surface area contributed by atoms with Gasteiger partial charge in [-0.25, -0.2) is 0 Å². The summed E-state index contributed by atoms with van der Waals surface area (Å²) in [4.78, 5) is 0. The molecule has 0 bridgehead atoms. The summed E-state index contributed by atoms with van der Waals surface area (Å²) in [6.45, 7) is 0.648. The van der Waals surface area contributed by atoms with Gasteiger partial charge in [0.05, 0.1) is 23.5 Å². The number of nitriles is 1. The number of aromatic amines is 1. The summed E-state index contributed by atoms with van der Waals surface area (Å²) in [5.41, 5.74) is 8.15. The maximum absolute atomic E-state index is 8.65. The molecule has 0 radical (unpaired) electrons. The van der Waals surface area contributed by atoms with Crippen LogP contribution in [0, 0.1) is 11.3 Å². The lowest BCUT2D eigenvalue weighted by Crippen LogP contribution is -2.00. The van der Waals surface area contributed by atoms with Crippen molar-refractivity contribution < 1.29 is 0 Å². The molecule has 0 unspecified atom stereocenters. The number of nitrogens with two attached hydrogens (primary N) is 1. The third-order valence-electron chi connectivity index (χ3n) is 2.23. The van der Waals surface area contributed by atoms with Gasteiger partial charge < -0.3 is 11.1 Å². The van der Waals surface area contributed by atoms with E-state index in [1.807, 2.05) is 12.1 Å². The lowest BCUT2D eigenvalue weighted by atomic mass is 10.1. The highest BCUT2D eigenvalue weighted by Crippen LogP contribution is 2.14. The second-order valence-electron chi connectivity index (χ2n) is 3.36. The van der Waals surface area contributed by atoms with Crippen LogP contribution in [-0.4, -0.2) is 10.2 Å².